The Morgan fingerprint density at radius 1 is 1.10 bits per heavy atom. The smallest absolute Gasteiger partial charge is 0.138 e. The maximum absolute atomic E-state index is 6.32. The first kappa shape index (κ1) is 16.2. The first-order valence-electron chi connectivity index (χ1n) is 5.87. The third kappa shape index (κ3) is 3.33. The Kier molecular flexibility index (Phi) is 5.41. The van der Waals surface area contributed by atoms with E-state index in [1.54, 1.807) is 13.2 Å². The van der Waals surface area contributed by atoms with Gasteiger partial charge in [0.25, 0.3) is 0 Å². The number of benzene rings is 2. The van der Waals surface area contributed by atoms with E-state index in [2.05, 4.69) is 50.1 Å². The van der Waals surface area contributed by atoms with Gasteiger partial charge in [-0.05, 0) is 35.7 Å². The molecule has 0 aliphatic heterocycles. The highest BCUT2D eigenvalue weighted by atomic mass is 79.9. The van der Waals surface area contributed by atoms with Gasteiger partial charge >= 0.3 is 0 Å². The highest BCUT2D eigenvalue weighted by molar-refractivity contribution is 9.10. The van der Waals surface area contributed by atoms with Crippen LogP contribution in [0.5, 0.6) is 5.75 Å². The molecule has 0 N–H and O–H groups in total. The van der Waals surface area contributed by atoms with Crippen LogP contribution in [0, 0.1) is 6.92 Å². The molecule has 0 heterocycles. The molecule has 0 saturated carbocycles. The Morgan fingerprint density at radius 3 is 2.40 bits per heavy atom. The normalized spacial score (nSPS) is 12.3. The van der Waals surface area contributed by atoms with Gasteiger partial charge in [-0.15, -0.1) is 0 Å². The van der Waals surface area contributed by atoms with Gasteiger partial charge in [-0.3, -0.25) is 0 Å². The number of halogens is 4. The van der Waals surface area contributed by atoms with Gasteiger partial charge in [0.1, 0.15) is 5.75 Å². The van der Waals surface area contributed by atoms with Crippen molar-refractivity contribution in [1.82, 2.24) is 0 Å². The Labute approximate surface area is 145 Å². The van der Waals surface area contributed by atoms with Gasteiger partial charge in [-0.25, -0.2) is 0 Å². The molecule has 0 fully saturated rings. The molecule has 0 radical (unpaired) electrons. The van der Waals surface area contributed by atoms with Gasteiger partial charge in [-0.1, -0.05) is 67.2 Å². The monoisotopic (exact) mass is 436 g/mol. The summed E-state index contributed by atoms with van der Waals surface area (Å²) in [6.45, 7) is 2.05. The summed E-state index contributed by atoms with van der Waals surface area (Å²) in [5.41, 5.74) is 3.20. The summed E-state index contributed by atoms with van der Waals surface area (Å²) in [4.78, 5) is -0.0321. The van der Waals surface area contributed by atoms with Crippen LogP contribution < -0.4 is 4.74 Å². The topological polar surface area (TPSA) is 9.23 Å². The van der Waals surface area contributed by atoms with Crippen molar-refractivity contribution in [2.24, 2.45) is 0 Å². The van der Waals surface area contributed by atoms with E-state index in [9.17, 15) is 0 Å². The summed E-state index contributed by atoms with van der Waals surface area (Å²) in [5, 5.41) is 1.16. The number of alkyl halides is 1. The molecule has 0 bridgehead atoms. The largest absolute Gasteiger partial charge is 0.495 e. The van der Waals surface area contributed by atoms with Gasteiger partial charge in [-0.2, -0.15) is 0 Å². The molecule has 106 valence electrons. The molecule has 1 nitrogen and oxygen atoms in total. The summed E-state index contributed by atoms with van der Waals surface area (Å²) in [7, 11) is 1.57. The number of rotatable bonds is 3. The molecule has 0 aliphatic carbocycles. The Morgan fingerprint density at radius 2 is 1.80 bits per heavy atom. The second-order valence-corrected chi connectivity index (χ2v) is 6.96. The van der Waals surface area contributed by atoms with E-state index in [0.717, 1.165) is 15.6 Å². The van der Waals surface area contributed by atoms with Crippen molar-refractivity contribution in [3.8, 4) is 5.75 Å². The average molecular weight is 439 g/mol. The van der Waals surface area contributed by atoms with Crippen LogP contribution in [0.25, 0.3) is 0 Å². The fourth-order valence-corrected chi connectivity index (χ4v) is 3.54. The molecule has 1 unspecified atom stereocenters. The number of hydrogen-bond acceptors (Lipinski definition) is 1. The molecule has 2 rings (SSSR count). The van der Waals surface area contributed by atoms with E-state index in [1.807, 2.05) is 13.0 Å². The molecule has 1 atom stereocenters. The maximum atomic E-state index is 6.32. The van der Waals surface area contributed by atoms with Crippen LogP contribution in [0.2, 0.25) is 10.0 Å². The third-order valence-corrected chi connectivity index (χ3v) is 5.53. The molecule has 0 aliphatic rings. The predicted octanol–water partition coefficient (Wildman–Crippen LogP) is 6.56. The summed E-state index contributed by atoms with van der Waals surface area (Å²) >= 11 is 19.7. The van der Waals surface area contributed by atoms with Crippen LogP contribution in [-0.2, 0) is 0 Å². The molecule has 20 heavy (non-hydrogen) atoms. The van der Waals surface area contributed by atoms with E-state index in [0.29, 0.717) is 15.8 Å². The van der Waals surface area contributed by atoms with Crippen molar-refractivity contribution >= 4 is 55.1 Å². The second-order valence-electron chi connectivity index (χ2n) is 4.38. The van der Waals surface area contributed by atoms with Crippen LogP contribution >= 0.6 is 55.1 Å². The quantitative estimate of drug-likeness (QED) is 0.493. The van der Waals surface area contributed by atoms with E-state index in [-0.39, 0.29) is 4.83 Å². The fraction of sp³-hybridized carbons (Fsp3) is 0.200. The second kappa shape index (κ2) is 6.69. The zero-order valence-electron chi connectivity index (χ0n) is 10.9. The molecule has 5 heteroatoms. The minimum atomic E-state index is -0.0321. The summed E-state index contributed by atoms with van der Waals surface area (Å²) in [6, 6.07) is 9.76. The van der Waals surface area contributed by atoms with Gasteiger partial charge in [0.2, 0.25) is 0 Å². The molecule has 0 saturated heterocycles. The fourth-order valence-electron chi connectivity index (χ4n) is 1.84. The van der Waals surface area contributed by atoms with Crippen LogP contribution in [0.4, 0.5) is 0 Å². The lowest BCUT2D eigenvalue weighted by molar-refractivity contribution is 0.415. The third-order valence-electron chi connectivity index (χ3n) is 3.03. The van der Waals surface area contributed by atoms with Crippen LogP contribution in [0.3, 0.4) is 0 Å². The molecular formula is C15H12Br2Cl2O. The highest BCUT2D eigenvalue weighted by Gasteiger charge is 2.17. The van der Waals surface area contributed by atoms with Crippen molar-refractivity contribution < 1.29 is 4.74 Å². The standard InChI is InChI=1S/C15H12Br2Cl2O/c1-8-3-4-9(5-11(8)16)15(17)10-6-13(19)14(20-2)7-12(10)18/h3-7,15H,1-2H3. The highest BCUT2D eigenvalue weighted by Crippen LogP contribution is 2.40. The van der Waals surface area contributed by atoms with E-state index in [1.165, 1.54) is 5.56 Å². The zero-order valence-corrected chi connectivity index (χ0v) is 15.6. The Hall–Kier alpha value is -0.220. The average Bonchev–Trinajstić information content (AvgIpc) is 2.43. The van der Waals surface area contributed by atoms with Crippen molar-refractivity contribution in [3.63, 3.8) is 0 Å². The summed E-state index contributed by atoms with van der Waals surface area (Å²) in [5.74, 6) is 0.574. The van der Waals surface area contributed by atoms with Gasteiger partial charge in [0.15, 0.2) is 0 Å². The van der Waals surface area contributed by atoms with Gasteiger partial charge < -0.3 is 4.74 Å². The van der Waals surface area contributed by atoms with Crippen molar-refractivity contribution in [2.45, 2.75) is 11.8 Å². The molecule has 0 aromatic heterocycles. The lowest BCUT2D eigenvalue weighted by atomic mass is 10.0. The number of methoxy groups -OCH3 is 1. The SMILES string of the molecule is COc1cc(Cl)c(C(Br)c2ccc(C)c(Br)c2)cc1Cl. The van der Waals surface area contributed by atoms with E-state index >= 15 is 0 Å². The lowest BCUT2D eigenvalue weighted by Crippen LogP contribution is -1.96. The molecular weight excluding hydrogens is 427 g/mol. The van der Waals surface area contributed by atoms with Crippen molar-refractivity contribution in [3.05, 3.63) is 61.5 Å². The Balaban J connectivity index is 2.45. The first-order chi connectivity index (χ1) is 9.43. The summed E-state index contributed by atoms with van der Waals surface area (Å²) in [6.07, 6.45) is 0. The predicted molar refractivity (Wildman–Crippen MR) is 92.7 cm³/mol. The van der Waals surface area contributed by atoms with Gasteiger partial charge in [0.05, 0.1) is 17.0 Å². The van der Waals surface area contributed by atoms with E-state index < -0.39 is 0 Å². The molecule has 0 spiro atoms. The van der Waals surface area contributed by atoms with Gasteiger partial charge in [0, 0.05) is 15.6 Å². The minimum absolute atomic E-state index is 0.0321. The number of aryl methyl sites for hydroxylation is 1. The zero-order chi connectivity index (χ0) is 14.9. The van der Waals surface area contributed by atoms with Crippen LogP contribution in [0.15, 0.2) is 34.8 Å². The molecule has 2 aromatic rings. The van der Waals surface area contributed by atoms with E-state index in [4.69, 9.17) is 27.9 Å². The lowest BCUT2D eigenvalue weighted by Gasteiger charge is -2.15. The maximum Gasteiger partial charge on any atom is 0.138 e. The molecule has 2 aromatic carbocycles. The Bertz CT molecular complexity index is 644. The van der Waals surface area contributed by atoms with Crippen molar-refractivity contribution in [1.29, 1.82) is 0 Å². The summed E-state index contributed by atoms with van der Waals surface area (Å²) < 4.78 is 6.23. The van der Waals surface area contributed by atoms with Crippen molar-refractivity contribution in [2.75, 3.05) is 7.11 Å². The van der Waals surface area contributed by atoms with Crippen LogP contribution in [0.1, 0.15) is 21.5 Å². The number of hydrogen-bond donors (Lipinski definition) is 0. The number of ether oxygens (including phenoxy) is 1. The molecule has 0 amide bonds. The first-order valence-corrected chi connectivity index (χ1v) is 8.33. The van der Waals surface area contributed by atoms with Crippen LogP contribution in [-0.4, -0.2) is 7.11 Å². The minimum Gasteiger partial charge on any atom is -0.495 e.